The van der Waals surface area contributed by atoms with Crippen LogP contribution in [0.25, 0.3) is 0 Å². The summed E-state index contributed by atoms with van der Waals surface area (Å²) >= 11 is 0. The number of carbonyl (C=O) groups is 4. The molecule has 2 aliphatic rings. The van der Waals surface area contributed by atoms with Crippen molar-refractivity contribution >= 4 is 23.8 Å². The van der Waals surface area contributed by atoms with Crippen LogP contribution in [0.3, 0.4) is 0 Å². The van der Waals surface area contributed by atoms with Crippen LogP contribution in [0, 0.1) is 0 Å². The minimum absolute atomic E-state index is 0.134. The van der Waals surface area contributed by atoms with Gasteiger partial charge in [-0.25, -0.2) is 9.80 Å². The number of rotatable bonds is 8. The maximum Gasteiger partial charge on any atom is 0.331 e. The standard InChI is InChI=1S/C25H35N3O6/c1-5-33-23(31)19(12-11-17-9-7-6-8-10-17)26-18-13-14-21(29)27-16-15-20(28(27)22(18)30)24(32)34-25(2,3)4/h6-10,18-20,26H,5,11-16H2,1-4H3/t18-,19-,20-/m0/s1. The molecule has 3 rings (SSSR count). The van der Waals surface area contributed by atoms with E-state index in [0.717, 1.165) is 5.56 Å². The van der Waals surface area contributed by atoms with Crippen LogP contribution in [-0.4, -0.2) is 70.6 Å². The zero-order valence-electron chi connectivity index (χ0n) is 20.4. The average Bonchev–Trinajstić information content (AvgIpc) is 3.19. The Morgan fingerprint density at radius 3 is 2.50 bits per heavy atom. The predicted octanol–water partition coefficient (Wildman–Crippen LogP) is 1.99. The molecule has 3 atom stereocenters. The van der Waals surface area contributed by atoms with Gasteiger partial charge in [-0.1, -0.05) is 30.3 Å². The second-order valence-electron chi connectivity index (χ2n) is 9.62. The predicted molar refractivity (Wildman–Crippen MR) is 124 cm³/mol. The number of benzene rings is 1. The van der Waals surface area contributed by atoms with E-state index >= 15 is 0 Å². The first-order chi connectivity index (χ1) is 16.1. The van der Waals surface area contributed by atoms with Gasteiger partial charge >= 0.3 is 11.9 Å². The fourth-order valence-corrected chi connectivity index (χ4v) is 4.29. The number of nitrogens with one attached hydrogen (secondary N) is 1. The Bertz CT molecular complexity index is 898. The summed E-state index contributed by atoms with van der Waals surface area (Å²) in [6, 6.07) is 7.34. The van der Waals surface area contributed by atoms with E-state index in [1.165, 1.54) is 10.0 Å². The SMILES string of the molecule is CCOC(=O)[C@H](CCc1ccccc1)N[C@H]1CCC(=O)N2CC[C@@H](C(=O)OC(C)(C)C)N2C1=O. The summed E-state index contributed by atoms with van der Waals surface area (Å²) in [6.07, 6.45) is 1.73. The largest absolute Gasteiger partial charge is 0.465 e. The number of carbonyl (C=O) groups excluding carboxylic acids is 4. The number of hydrogen-bond acceptors (Lipinski definition) is 7. The third-order valence-corrected chi connectivity index (χ3v) is 5.85. The van der Waals surface area contributed by atoms with E-state index in [2.05, 4.69) is 5.32 Å². The number of fused-ring (bicyclic) bond motifs is 1. The summed E-state index contributed by atoms with van der Waals surface area (Å²) in [5.74, 6) is -1.61. The van der Waals surface area contributed by atoms with Gasteiger partial charge in [0.2, 0.25) is 5.91 Å². The van der Waals surface area contributed by atoms with Gasteiger partial charge < -0.3 is 9.47 Å². The first kappa shape index (κ1) is 25.7. The van der Waals surface area contributed by atoms with Crippen molar-refractivity contribution in [1.82, 2.24) is 15.3 Å². The molecule has 2 fully saturated rings. The highest BCUT2D eigenvalue weighted by Gasteiger charge is 2.48. The summed E-state index contributed by atoms with van der Waals surface area (Å²) in [6.45, 7) is 7.50. The molecule has 1 aromatic carbocycles. The number of hydrazine groups is 1. The van der Waals surface area contributed by atoms with E-state index < -0.39 is 41.6 Å². The molecule has 2 saturated heterocycles. The summed E-state index contributed by atoms with van der Waals surface area (Å²) in [7, 11) is 0. The van der Waals surface area contributed by atoms with Gasteiger partial charge in [0.05, 0.1) is 12.6 Å². The molecule has 0 saturated carbocycles. The molecule has 2 heterocycles. The number of nitrogens with zero attached hydrogens (tertiary/aromatic N) is 2. The van der Waals surface area contributed by atoms with E-state index in [-0.39, 0.29) is 31.9 Å². The van der Waals surface area contributed by atoms with E-state index in [1.54, 1.807) is 27.7 Å². The minimum atomic E-state index is -0.872. The minimum Gasteiger partial charge on any atom is -0.465 e. The monoisotopic (exact) mass is 473 g/mol. The summed E-state index contributed by atoms with van der Waals surface area (Å²) in [5.41, 5.74) is 0.352. The molecule has 0 bridgehead atoms. The summed E-state index contributed by atoms with van der Waals surface area (Å²) in [4.78, 5) is 51.8. The van der Waals surface area contributed by atoms with E-state index in [1.807, 2.05) is 30.3 Å². The molecule has 0 aliphatic carbocycles. The maximum atomic E-state index is 13.6. The number of hydrogen-bond donors (Lipinski definition) is 1. The first-order valence-electron chi connectivity index (χ1n) is 11.9. The van der Waals surface area contributed by atoms with Crippen LogP contribution in [0.2, 0.25) is 0 Å². The third kappa shape index (κ3) is 6.34. The van der Waals surface area contributed by atoms with Crippen molar-refractivity contribution in [3.05, 3.63) is 35.9 Å². The summed E-state index contributed by atoms with van der Waals surface area (Å²) in [5, 5.41) is 5.73. The first-order valence-corrected chi connectivity index (χ1v) is 11.9. The van der Waals surface area contributed by atoms with Gasteiger partial charge in [-0.3, -0.25) is 24.7 Å². The molecule has 34 heavy (non-hydrogen) atoms. The molecule has 9 heteroatoms. The van der Waals surface area contributed by atoms with Gasteiger partial charge in [-0.2, -0.15) is 0 Å². The zero-order chi connectivity index (χ0) is 24.9. The third-order valence-electron chi connectivity index (χ3n) is 5.85. The highest BCUT2D eigenvalue weighted by atomic mass is 16.6. The van der Waals surface area contributed by atoms with Gasteiger partial charge in [0.1, 0.15) is 11.6 Å². The van der Waals surface area contributed by atoms with Gasteiger partial charge in [-0.15, -0.1) is 0 Å². The van der Waals surface area contributed by atoms with Crippen LogP contribution in [0.1, 0.15) is 58.9 Å². The number of amides is 2. The molecule has 186 valence electrons. The van der Waals surface area contributed by atoms with Crippen LogP contribution in [0.5, 0.6) is 0 Å². The van der Waals surface area contributed by atoms with Crippen molar-refractivity contribution in [1.29, 1.82) is 0 Å². The van der Waals surface area contributed by atoms with E-state index in [0.29, 0.717) is 19.3 Å². The second kappa shape index (κ2) is 11.0. The van der Waals surface area contributed by atoms with Crippen molar-refractivity contribution in [2.45, 2.75) is 83.5 Å². The van der Waals surface area contributed by atoms with Gasteiger partial charge in [0.15, 0.2) is 6.04 Å². The molecule has 2 amide bonds. The smallest absolute Gasteiger partial charge is 0.331 e. The Kier molecular flexibility index (Phi) is 8.30. The van der Waals surface area contributed by atoms with Crippen LogP contribution in [0.4, 0.5) is 0 Å². The normalized spacial score (nSPS) is 21.6. The van der Waals surface area contributed by atoms with Crippen molar-refractivity contribution in [3.8, 4) is 0 Å². The molecule has 0 radical (unpaired) electrons. The van der Waals surface area contributed by atoms with Crippen LogP contribution >= 0.6 is 0 Å². The average molecular weight is 474 g/mol. The number of aryl methyl sites for hydroxylation is 1. The molecule has 0 unspecified atom stereocenters. The van der Waals surface area contributed by atoms with Gasteiger partial charge in [-0.05, 0) is 52.5 Å². The Balaban J connectivity index is 1.78. The molecule has 0 aromatic heterocycles. The molecular weight excluding hydrogens is 438 g/mol. The van der Waals surface area contributed by atoms with Crippen molar-refractivity contribution in [3.63, 3.8) is 0 Å². The quantitative estimate of drug-likeness (QED) is 0.576. The van der Waals surface area contributed by atoms with E-state index in [4.69, 9.17) is 9.47 Å². The maximum absolute atomic E-state index is 13.6. The fraction of sp³-hybridized carbons (Fsp3) is 0.600. The lowest BCUT2D eigenvalue weighted by Gasteiger charge is -2.33. The van der Waals surface area contributed by atoms with Crippen molar-refractivity contribution < 1.29 is 28.7 Å². The number of ether oxygens (including phenoxy) is 2. The highest BCUT2D eigenvalue weighted by molar-refractivity contribution is 5.93. The molecule has 2 aliphatic heterocycles. The molecule has 0 spiro atoms. The molecule has 1 aromatic rings. The van der Waals surface area contributed by atoms with Gasteiger partial charge in [0.25, 0.3) is 5.91 Å². The lowest BCUT2D eigenvalue weighted by Crippen LogP contribution is -2.57. The van der Waals surface area contributed by atoms with Crippen molar-refractivity contribution in [2.24, 2.45) is 0 Å². The molecular formula is C25H35N3O6. The fourth-order valence-electron chi connectivity index (χ4n) is 4.29. The van der Waals surface area contributed by atoms with Crippen LogP contribution < -0.4 is 5.32 Å². The van der Waals surface area contributed by atoms with E-state index in [9.17, 15) is 19.2 Å². The second-order valence-corrected chi connectivity index (χ2v) is 9.62. The zero-order valence-corrected chi connectivity index (χ0v) is 20.4. The topological polar surface area (TPSA) is 105 Å². The van der Waals surface area contributed by atoms with Crippen LogP contribution in [-0.2, 0) is 35.1 Å². The van der Waals surface area contributed by atoms with Gasteiger partial charge in [0, 0.05) is 19.4 Å². The Labute approximate surface area is 200 Å². The molecule has 9 nitrogen and oxygen atoms in total. The van der Waals surface area contributed by atoms with Crippen molar-refractivity contribution in [2.75, 3.05) is 13.2 Å². The Morgan fingerprint density at radius 2 is 1.85 bits per heavy atom. The summed E-state index contributed by atoms with van der Waals surface area (Å²) < 4.78 is 10.7. The Hall–Kier alpha value is -2.94. The highest BCUT2D eigenvalue weighted by Crippen LogP contribution is 2.27. The lowest BCUT2D eigenvalue weighted by molar-refractivity contribution is -0.174. The number of esters is 2. The Morgan fingerprint density at radius 1 is 1.15 bits per heavy atom. The molecule has 1 N–H and O–H groups in total. The van der Waals surface area contributed by atoms with Crippen LogP contribution in [0.15, 0.2) is 30.3 Å². The lowest BCUT2D eigenvalue weighted by atomic mass is 10.0.